The van der Waals surface area contributed by atoms with Gasteiger partial charge in [-0.15, -0.1) is 0 Å². The summed E-state index contributed by atoms with van der Waals surface area (Å²) in [5.74, 6) is 1.26. The van der Waals surface area contributed by atoms with Gasteiger partial charge in [0, 0.05) is 18.7 Å². The Hall–Kier alpha value is -1.62. The second kappa shape index (κ2) is 9.18. The Labute approximate surface area is 155 Å². The summed E-state index contributed by atoms with van der Waals surface area (Å²) < 4.78 is 10.6. The van der Waals surface area contributed by atoms with Gasteiger partial charge in [0.25, 0.3) is 0 Å². The van der Waals surface area contributed by atoms with E-state index in [4.69, 9.17) is 21.1 Å². The van der Waals surface area contributed by atoms with E-state index in [9.17, 15) is 4.79 Å². The summed E-state index contributed by atoms with van der Waals surface area (Å²) >= 11 is 6.22. The minimum absolute atomic E-state index is 0.114. The van der Waals surface area contributed by atoms with Gasteiger partial charge in [0.2, 0.25) is 5.91 Å². The second-order valence-corrected chi connectivity index (χ2v) is 6.88. The molecule has 25 heavy (non-hydrogen) atoms. The molecule has 6 heteroatoms. The third-order valence-electron chi connectivity index (χ3n) is 4.86. The molecule has 5 nitrogen and oxygen atoms in total. The van der Waals surface area contributed by atoms with E-state index in [1.807, 2.05) is 18.7 Å². The van der Waals surface area contributed by atoms with Crippen molar-refractivity contribution in [2.75, 3.05) is 26.1 Å². The number of anilines is 1. The highest BCUT2D eigenvalue weighted by Gasteiger charge is 2.28. The fraction of sp³-hybridized carbons (Fsp3) is 0.632. The molecule has 2 rings (SSSR count). The molecule has 1 aromatic carbocycles. The number of methoxy groups -OCH3 is 2. The van der Waals surface area contributed by atoms with Crippen LogP contribution in [0.5, 0.6) is 11.5 Å². The van der Waals surface area contributed by atoms with Crippen molar-refractivity contribution < 1.29 is 14.3 Å². The van der Waals surface area contributed by atoms with Gasteiger partial charge in [0.05, 0.1) is 24.9 Å². The maximum absolute atomic E-state index is 13.0. The monoisotopic (exact) mass is 368 g/mol. The first kappa shape index (κ1) is 19.7. The van der Waals surface area contributed by atoms with Crippen LogP contribution in [0.25, 0.3) is 0 Å². The van der Waals surface area contributed by atoms with Gasteiger partial charge in [-0.05, 0) is 32.8 Å². The van der Waals surface area contributed by atoms with Gasteiger partial charge in [0.15, 0.2) is 0 Å². The number of ether oxygens (including phenoxy) is 2. The molecule has 0 radical (unpaired) electrons. The lowest BCUT2D eigenvalue weighted by Gasteiger charge is -2.35. The normalized spacial score (nSPS) is 16.2. The topological polar surface area (TPSA) is 50.8 Å². The molecule has 1 aliphatic carbocycles. The quantitative estimate of drug-likeness (QED) is 0.777. The molecule has 0 aromatic heterocycles. The van der Waals surface area contributed by atoms with E-state index in [1.54, 1.807) is 26.4 Å². The van der Waals surface area contributed by atoms with Crippen molar-refractivity contribution >= 4 is 23.2 Å². The zero-order valence-electron chi connectivity index (χ0n) is 15.6. The molecule has 1 aliphatic rings. The Morgan fingerprint density at radius 2 is 1.88 bits per heavy atom. The minimum Gasteiger partial charge on any atom is -0.495 e. The van der Waals surface area contributed by atoms with Crippen molar-refractivity contribution in [1.82, 2.24) is 4.90 Å². The van der Waals surface area contributed by atoms with Gasteiger partial charge in [-0.1, -0.05) is 30.9 Å². The van der Waals surface area contributed by atoms with Crippen molar-refractivity contribution in [2.24, 2.45) is 0 Å². The average molecular weight is 369 g/mol. The molecule has 0 saturated heterocycles. The highest BCUT2D eigenvalue weighted by molar-refractivity contribution is 6.32. The Kier molecular flexibility index (Phi) is 7.24. The van der Waals surface area contributed by atoms with Crippen molar-refractivity contribution in [1.29, 1.82) is 0 Å². The van der Waals surface area contributed by atoms with Crippen LogP contribution in [-0.2, 0) is 4.79 Å². The lowest BCUT2D eigenvalue weighted by Crippen LogP contribution is -2.47. The number of benzene rings is 1. The lowest BCUT2D eigenvalue weighted by atomic mass is 9.94. The van der Waals surface area contributed by atoms with Crippen molar-refractivity contribution in [3.63, 3.8) is 0 Å². The number of halogens is 1. The van der Waals surface area contributed by atoms with E-state index < -0.39 is 0 Å². The molecule has 1 amide bonds. The standard InChI is InChI=1S/C19H29ClN2O3/c1-5-22(14-9-7-6-8-10-14)19(23)13(2)21-16-11-15(20)17(24-3)12-18(16)25-4/h11-14,21H,5-10H2,1-4H3/t13-/m0/s1. The van der Waals surface area contributed by atoms with E-state index in [1.165, 1.54) is 19.3 Å². The van der Waals surface area contributed by atoms with E-state index in [-0.39, 0.29) is 11.9 Å². The first-order valence-corrected chi connectivity index (χ1v) is 9.38. The van der Waals surface area contributed by atoms with E-state index >= 15 is 0 Å². The van der Waals surface area contributed by atoms with E-state index in [0.29, 0.717) is 28.3 Å². The molecule has 0 unspecified atom stereocenters. The van der Waals surface area contributed by atoms with Crippen molar-refractivity contribution in [3.05, 3.63) is 17.2 Å². The van der Waals surface area contributed by atoms with Gasteiger partial charge in [0.1, 0.15) is 17.5 Å². The third kappa shape index (κ3) is 4.72. The Bertz CT molecular complexity index is 588. The fourth-order valence-electron chi connectivity index (χ4n) is 3.50. The number of rotatable bonds is 7. The Balaban J connectivity index is 2.13. The highest BCUT2D eigenvalue weighted by Crippen LogP contribution is 2.36. The van der Waals surface area contributed by atoms with Gasteiger partial charge in [-0.25, -0.2) is 0 Å². The minimum atomic E-state index is -0.361. The second-order valence-electron chi connectivity index (χ2n) is 6.47. The van der Waals surface area contributed by atoms with Crippen LogP contribution in [-0.4, -0.2) is 43.7 Å². The number of nitrogens with one attached hydrogen (secondary N) is 1. The molecule has 1 fully saturated rings. The molecule has 0 bridgehead atoms. The fourth-order valence-corrected chi connectivity index (χ4v) is 3.74. The first-order valence-electron chi connectivity index (χ1n) is 9.00. The highest BCUT2D eigenvalue weighted by atomic mass is 35.5. The zero-order chi connectivity index (χ0) is 18.4. The van der Waals surface area contributed by atoms with Crippen LogP contribution in [0, 0.1) is 0 Å². The number of carbonyl (C=O) groups excluding carboxylic acids is 1. The molecule has 1 atom stereocenters. The number of likely N-dealkylation sites (N-methyl/N-ethyl adjacent to an activating group) is 1. The Morgan fingerprint density at radius 1 is 1.24 bits per heavy atom. The summed E-state index contributed by atoms with van der Waals surface area (Å²) in [4.78, 5) is 15.0. The maximum atomic E-state index is 13.0. The van der Waals surface area contributed by atoms with Crippen LogP contribution in [0.4, 0.5) is 5.69 Å². The van der Waals surface area contributed by atoms with Crippen LogP contribution >= 0.6 is 11.6 Å². The van der Waals surface area contributed by atoms with Crippen LogP contribution in [0.1, 0.15) is 46.0 Å². The average Bonchev–Trinajstić information content (AvgIpc) is 2.63. The van der Waals surface area contributed by atoms with Gasteiger partial charge in [-0.3, -0.25) is 4.79 Å². The SMILES string of the molecule is CCN(C(=O)[C@H](C)Nc1cc(Cl)c(OC)cc1OC)C1CCCCC1. The van der Waals surface area contributed by atoms with Gasteiger partial charge >= 0.3 is 0 Å². The summed E-state index contributed by atoms with van der Waals surface area (Å²) in [6.45, 7) is 4.66. The predicted octanol–water partition coefficient (Wildman–Crippen LogP) is 4.34. The molecule has 0 heterocycles. The summed E-state index contributed by atoms with van der Waals surface area (Å²) in [5.41, 5.74) is 0.689. The third-order valence-corrected chi connectivity index (χ3v) is 5.15. The largest absolute Gasteiger partial charge is 0.495 e. The maximum Gasteiger partial charge on any atom is 0.245 e. The molecule has 1 aromatic rings. The Morgan fingerprint density at radius 3 is 2.44 bits per heavy atom. The summed E-state index contributed by atoms with van der Waals surface area (Å²) in [5, 5.41) is 3.73. The smallest absolute Gasteiger partial charge is 0.245 e. The van der Waals surface area contributed by atoms with Crippen molar-refractivity contribution in [3.8, 4) is 11.5 Å². The van der Waals surface area contributed by atoms with Gasteiger partial charge in [-0.2, -0.15) is 0 Å². The number of hydrogen-bond donors (Lipinski definition) is 1. The molecule has 0 aliphatic heterocycles. The molecule has 140 valence electrons. The molecule has 1 N–H and O–H groups in total. The zero-order valence-corrected chi connectivity index (χ0v) is 16.4. The lowest BCUT2D eigenvalue weighted by molar-refractivity contribution is -0.134. The van der Waals surface area contributed by atoms with Crippen LogP contribution in [0.2, 0.25) is 5.02 Å². The summed E-state index contributed by atoms with van der Waals surface area (Å²) in [6.07, 6.45) is 5.89. The van der Waals surface area contributed by atoms with Crippen LogP contribution < -0.4 is 14.8 Å². The number of amides is 1. The van der Waals surface area contributed by atoms with E-state index in [2.05, 4.69) is 5.32 Å². The molecular formula is C19H29ClN2O3. The number of hydrogen-bond acceptors (Lipinski definition) is 4. The van der Waals surface area contributed by atoms with Gasteiger partial charge < -0.3 is 19.7 Å². The number of carbonyl (C=O) groups is 1. The first-order chi connectivity index (χ1) is 12.0. The summed E-state index contributed by atoms with van der Waals surface area (Å²) in [7, 11) is 3.14. The van der Waals surface area contributed by atoms with Crippen molar-refractivity contribution in [2.45, 2.75) is 58.0 Å². The van der Waals surface area contributed by atoms with E-state index in [0.717, 1.165) is 19.4 Å². The summed E-state index contributed by atoms with van der Waals surface area (Å²) in [6, 6.07) is 3.46. The number of nitrogens with zero attached hydrogens (tertiary/aromatic N) is 1. The molecular weight excluding hydrogens is 340 g/mol. The predicted molar refractivity (Wildman–Crippen MR) is 102 cm³/mol. The van der Waals surface area contributed by atoms with Crippen LogP contribution in [0.3, 0.4) is 0 Å². The van der Waals surface area contributed by atoms with Crippen LogP contribution in [0.15, 0.2) is 12.1 Å². The molecule has 1 saturated carbocycles. The molecule has 0 spiro atoms.